The number of hydrogen-bond acceptors (Lipinski definition) is 3. The Morgan fingerprint density at radius 1 is 1.53 bits per heavy atom. The average Bonchev–Trinajstić information content (AvgIpc) is 2.22. The first kappa shape index (κ1) is 12.1. The molecule has 0 aliphatic heterocycles. The van der Waals surface area contributed by atoms with Gasteiger partial charge in [0.1, 0.15) is 0 Å². The molecule has 0 aromatic heterocycles. The second-order valence-corrected chi connectivity index (χ2v) is 4.11. The van der Waals surface area contributed by atoms with Crippen LogP contribution in [0.3, 0.4) is 0 Å². The van der Waals surface area contributed by atoms with Crippen LogP contribution in [-0.2, 0) is 0 Å². The molecule has 1 rings (SSSR count). The minimum atomic E-state index is -0.0335. The van der Waals surface area contributed by atoms with E-state index in [4.69, 9.17) is 9.84 Å². The maximum atomic E-state index is 9.79. The maximum absolute atomic E-state index is 9.79. The van der Waals surface area contributed by atoms with E-state index in [-0.39, 0.29) is 12.4 Å². The molecule has 0 aliphatic rings. The van der Waals surface area contributed by atoms with Crippen molar-refractivity contribution >= 4 is 22.0 Å². The van der Waals surface area contributed by atoms with Crippen molar-refractivity contribution in [2.24, 2.45) is 0 Å². The van der Waals surface area contributed by atoms with Gasteiger partial charge in [-0.05, 0) is 30.7 Å². The summed E-state index contributed by atoms with van der Waals surface area (Å²) in [5.74, 6) is 0.481. The minimum Gasteiger partial charge on any atom is -0.504 e. The fourth-order valence-corrected chi connectivity index (χ4v) is 1.63. The van der Waals surface area contributed by atoms with Gasteiger partial charge in [-0.15, -0.1) is 0 Å². The van der Waals surface area contributed by atoms with Gasteiger partial charge in [-0.25, -0.2) is 0 Å². The zero-order valence-electron chi connectivity index (χ0n) is 8.62. The molecular weight excluding hydrogens is 260 g/mol. The monoisotopic (exact) mass is 272 g/mol. The molecule has 0 fully saturated rings. The van der Waals surface area contributed by atoms with Gasteiger partial charge in [0, 0.05) is 10.0 Å². The third kappa shape index (κ3) is 2.97. The number of phenols is 1. The van der Waals surface area contributed by atoms with Crippen LogP contribution in [0.2, 0.25) is 0 Å². The molecule has 1 aromatic rings. The number of phenolic OH excluding ortho intramolecular Hbond substituents is 1. The first-order valence-corrected chi connectivity index (χ1v) is 5.22. The first-order chi connectivity index (χ1) is 7.08. The fourth-order valence-electron chi connectivity index (χ4n) is 1.17. The van der Waals surface area contributed by atoms with E-state index in [0.29, 0.717) is 11.3 Å². The molecule has 0 atom stereocenters. The van der Waals surface area contributed by atoms with Crippen molar-refractivity contribution in [3.63, 3.8) is 0 Å². The molecule has 3 nitrogen and oxygen atoms in total. The van der Waals surface area contributed by atoms with E-state index in [1.54, 1.807) is 25.1 Å². The number of benzene rings is 1. The zero-order valence-corrected chi connectivity index (χ0v) is 10.2. The third-order valence-electron chi connectivity index (χ3n) is 1.94. The molecular formula is C11H13BrO3. The number of hydrogen-bond donors (Lipinski definition) is 2. The number of aliphatic hydroxyl groups is 1. The van der Waals surface area contributed by atoms with Crippen LogP contribution in [0.5, 0.6) is 11.5 Å². The van der Waals surface area contributed by atoms with Crippen LogP contribution < -0.4 is 4.74 Å². The number of aliphatic hydroxyl groups excluding tert-OH is 1. The molecule has 4 heteroatoms. The Morgan fingerprint density at radius 3 is 2.73 bits per heavy atom. The quantitative estimate of drug-likeness (QED) is 0.889. The summed E-state index contributed by atoms with van der Waals surface area (Å²) < 4.78 is 5.82. The van der Waals surface area contributed by atoms with Crippen LogP contribution in [0.4, 0.5) is 0 Å². The number of methoxy groups -OCH3 is 1. The van der Waals surface area contributed by atoms with E-state index in [1.165, 1.54) is 7.11 Å². The Labute approximate surface area is 97.1 Å². The van der Waals surface area contributed by atoms with Crippen LogP contribution in [0.15, 0.2) is 22.2 Å². The lowest BCUT2D eigenvalue weighted by molar-refractivity contribution is 0.332. The van der Waals surface area contributed by atoms with Crippen molar-refractivity contribution in [1.29, 1.82) is 0 Å². The largest absolute Gasteiger partial charge is 0.504 e. The first-order valence-electron chi connectivity index (χ1n) is 4.43. The van der Waals surface area contributed by atoms with Crippen LogP contribution >= 0.6 is 15.9 Å². The number of aromatic hydroxyl groups is 1. The minimum absolute atomic E-state index is 0.0335. The standard InChI is InChI=1S/C11H13BrO3/c1-7(6-13)3-8-4-9(12)5-10(15-2)11(8)14/h3-5,13-14H,6H2,1-2H3/b7-3+. The predicted octanol–water partition coefficient (Wildman–Crippen LogP) is 2.56. The summed E-state index contributed by atoms with van der Waals surface area (Å²) in [6, 6.07) is 3.44. The van der Waals surface area contributed by atoms with E-state index in [1.807, 2.05) is 0 Å². The van der Waals surface area contributed by atoms with E-state index in [2.05, 4.69) is 15.9 Å². The predicted molar refractivity (Wildman–Crippen MR) is 63.1 cm³/mol. The molecule has 15 heavy (non-hydrogen) atoms. The second kappa shape index (κ2) is 5.19. The van der Waals surface area contributed by atoms with Crippen LogP contribution in [-0.4, -0.2) is 23.9 Å². The van der Waals surface area contributed by atoms with E-state index in [0.717, 1.165) is 10.0 Å². The van der Waals surface area contributed by atoms with Gasteiger partial charge in [-0.2, -0.15) is 0 Å². The molecule has 0 heterocycles. The van der Waals surface area contributed by atoms with Gasteiger partial charge in [-0.1, -0.05) is 15.9 Å². The Kier molecular flexibility index (Phi) is 4.17. The van der Waals surface area contributed by atoms with Gasteiger partial charge in [0.05, 0.1) is 13.7 Å². The SMILES string of the molecule is COc1cc(Br)cc(/C=C(\C)CO)c1O. The molecule has 0 radical (unpaired) electrons. The van der Waals surface area contributed by atoms with E-state index in [9.17, 15) is 5.11 Å². The van der Waals surface area contributed by atoms with Gasteiger partial charge >= 0.3 is 0 Å². The highest BCUT2D eigenvalue weighted by Crippen LogP contribution is 2.34. The lowest BCUT2D eigenvalue weighted by Crippen LogP contribution is -1.88. The van der Waals surface area contributed by atoms with Crippen LogP contribution in [0.25, 0.3) is 6.08 Å². The molecule has 0 bridgehead atoms. The van der Waals surface area contributed by atoms with Gasteiger partial charge < -0.3 is 14.9 Å². The van der Waals surface area contributed by atoms with Crippen LogP contribution in [0, 0.1) is 0 Å². The fraction of sp³-hybridized carbons (Fsp3) is 0.273. The van der Waals surface area contributed by atoms with E-state index < -0.39 is 0 Å². The normalized spacial score (nSPS) is 11.6. The maximum Gasteiger partial charge on any atom is 0.165 e. The summed E-state index contributed by atoms with van der Waals surface area (Å²) in [5, 5.41) is 18.7. The number of halogens is 1. The summed E-state index contributed by atoms with van der Waals surface area (Å²) in [6.45, 7) is 1.75. The van der Waals surface area contributed by atoms with Crippen molar-refractivity contribution in [3.8, 4) is 11.5 Å². The highest BCUT2D eigenvalue weighted by Gasteiger charge is 2.07. The van der Waals surface area contributed by atoms with Crippen molar-refractivity contribution in [2.45, 2.75) is 6.92 Å². The number of rotatable bonds is 3. The average molecular weight is 273 g/mol. The summed E-state index contributed by atoms with van der Waals surface area (Å²) in [7, 11) is 1.49. The molecule has 0 amide bonds. The van der Waals surface area contributed by atoms with Gasteiger partial charge in [-0.3, -0.25) is 0 Å². The highest BCUT2D eigenvalue weighted by atomic mass is 79.9. The van der Waals surface area contributed by atoms with Gasteiger partial charge in [0.2, 0.25) is 0 Å². The Bertz CT molecular complexity index is 386. The molecule has 0 saturated heterocycles. The smallest absolute Gasteiger partial charge is 0.165 e. The molecule has 0 spiro atoms. The van der Waals surface area contributed by atoms with Gasteiger partial charge in [0.25, 0.3) is 0 Å². The summed E-state index contributed by atoms with van der Waals surface area (Å²) in [6.07, 6.45) is 1.71. The van der Waals surface area contributed by atoms with Crippen molar-refractivity contribution < 1.29 is 14.9 Å². The molecule has 2 N–H and O–H groups in total. The molecule has 0 aliphatic carbocycles. The second-order valence-electron chi connectivity index (χ2n) is 3.19. The van der Waals surface area contributed by atoms with Crippen molar-refractivity contribution in [3.05, 3.63) is 27.7 Å². The van der Waals surface area contributed by atoms with Crippen molar-refractivity contribution in [1.82, 2.24) is 0 Å². The van der Waals surface area contributed by atoms with Crippen molar-refractivity contribution in [2.75, 3.05) is 13.7 Å². The highest BCUT2D eigenvalue weighted by molar-refractivity contribution is 9.10. The molecule has 0 unspecified atom stereocenters. The third-order valence-corrected chi connectivity index (χ3v) is 2.40. The van der Waals surface area contributed by atoms with Crippen LogP contribution in [0.1, 0.15) is 12.5 Å². The Balaban J connectivity index is 3.23. The summed E-state index contributed by atoms with van der Waals surface area (Å²) in [5.41, 5.74) is 1.39. The van der Waals surface area contributed by atoms with Gasteiger partial charge in [0.15, 0.2) is 11.5 Å². The molecule has 0 saturated carbocycles. The summed E-state index contributed by atoms with van der Waals surface area (Å²) >= 11 is 3.32. The lowest BCUT2D eigenvalue weighted by Gasteiger charge is -2.07. The molecule has 1 aromatic carbocycles. The lowest BCUT2D eigenvalue weighted by atomic mass is 10.1. The Morgan fingerprint density at radius 2 is 2.20 bits per heavy atom. The van der Waals surface area contributed by atoms with E-state index >= 15 is 0 Å². The zero-order chi connectivity index (χ0) is 11.4. The Hall–Kier alpha value is -1.00. The topological polar surface area (TPSA) is 49.7 Å². The summed E-state index contributed by atoms with van der Waals surface area (Å²) in [4.78, 5) is 0. The molecule has 82 valence electrons. The number of ether oxygens (including phenoxy) is 1.